The van der Waals surface area contributed by atoms with Gasteiger partial charge in [-0.1, -0.05) is 19.1 Å². The second kappa shape index (κ2) is 6.51. The highest BCUT2D eigenvalue weighted by atomic mass is 16.5. The summed E-state index contributed by atoms with van der Waals surface area (Å²) in [6.45, 7) is 5.01. The molecule has 1 aromatic rings. The zero-order valence-corrected chi connectivity index (χ0v) is 10.2. The predicted molar refractivity (Wildman–Crippen MR) is 65.7 cm³/mol. The van der Waals surface area contributed by atoms with Crippen LogP contribution in [-0.2, 0) is 0 Å². The molecule has 0 spiro atoms. The lowest BCUT2D eigenvalue weighted by molar-refractivity contribution is 0.136. The Morgan fingerprint density at radius 2 is 2.19 bits per heavy atom. The van der Waals surface area contributed by atoms with E-state index in [1.807, 2.05) is 31.2 Å². The van der Waals surface area contributed by atoms with Gasteiger partial charge < -0.3 is 15.2 Å². The summed E-state index contributed by atoms with van der Waals surface area (Å²) in [5, 5.41) is 13.4. The summed E-state index contributed by atoms with van der Waals surface area (Å²) in [6.07, 6.45) is 0.566. The molecule has 2 atom stereocenters. The number of rotatable bonds is 6. The van der Waals surface area contributed by atoms with Crippen LogP contribution in [0.15, 0.2) is 24.3 Å². The summed E-state index contributed by atoms with van der Waals surface area (Å²) in [5.41, 5.74) is 0.885. The molecule has 0 radical (unpaired) electrons. The van der Waals surface area contributed by atoms with Gasteiger partial charge in [0.05, 0.1) is 13.2 Å². The van der Waals surface area contributed by atoms with Gasteiger partial charge in [0.1, 0.15) is 5.75 Å². The summed E-state index contributed by atoms with van der Waals surface area (Å²) in [4.78, 5) is 0. The Morgan fingerprint density at radius 3 is 2.81 bits per heavy atom. The number of ether oxygens (including phenoxy) is 1. The Balaban J connectivity index is 2.67. The summed E-state index contributed by atoms with van der Waals surface area (Å²) in [6, 6.07) is 7.60. The Bertz CT molecular complexity index is 315. The molecule has 1 rings (SSSR count). The smallest absolute Gasteiger partial charge is 0.119 e. The SMILES string of the molecule is CCCNC(C)C(O)c1cccc(OC)c1. The first-order valence-corrected chi connectivity index (χ1v) is 5.74. The highest BCUT2D eigenvalue weighted by molar-refractivity contribution is 5.30. The molecule has 3 nitrogen and oxygen atoms in total. The van der Waals surface area contributed by atoms with Gasteiger partial charge in [0.2, 0.25) is 0 Å². The van der Waals surface area contributed by atoms with E-state index in [-0.39, 0.29) is 6.04 Å². The van der Waals surface area contributed by atoms with E-state index in [2.05, 4.69) is 12.2 Å². The molecule has 3 heteroatoms. The molecular formula is C13H21NO2. The standard InChI is InChI=1S/C13H21NO2/c1-4-8-14-10(2)13(15)11-6-5-7-12(9-11)16-3/h5-7,9-10,13-15H,4,8H2,1-3H3. The van der Waals surface area contributed by atoms with Gasteiger partial charge in [0, 0.05) is 6.04 Å². The fourth-order valence-electron chi connectivity index (χ4n) is 1.60. The van der Waals surface area contributed by atoms with Crippen LogP contribution in [0.5, 0.6) is 5.75 Å². The van der Waals surface area contributed by atoms with E-state index in [9.17, 15) is 5.11 Å². The monoisotopic (exact) mass is 223 g/mol. The van der Waals surface area contributed by atoms with Crippen molar-refractivity contribution in [3.8, 4) is 5.75 Å². The van der Waals surface area contributed by atoms with Crippen molar-refractivity contribution in [3.05, 3.63) is 29.8 Å². The second-order valence-corrected chi connectivity index (χ2v) is 3.96. The van der Waals surface area contributed by atoms with Gasteiger partial charge in [-0.2, -0.15) is 0 Å². The van der Waals surface area contributed by atoms with Crippen molar-refractivity contribution in [1.82, 2.24) is 5.32 Å². The van der Waals surface area contributed by atoms with Crippen molar-refractivity contribution >= 4 is 0 Å². The Morgan fingerprint density at radius 1 is 1.44 bits per heavy atom. The number of nitrogens with one attached hydrogen (secondary N) is 1. The Kier molecular flexibility index (Phi) is 5.29. The highest BCUT2D eigenvalue weighted by Crippen LogP contribution is 2.21. The third-order valence-electron chi connectivity index (χ3n) is 2.63. The number of aliphatic hydroxyl groups is 1. The van der Waals surface area contributed by atoms with E-state index < -0.39 is 6.10 Å². The van der Waals surface area contributed by atoms with E-state index in [1.54, 1.807) is 7.11 Å². The van der Waals surface area contributed by atoms with Crippen LogP contribution in [0.3, 0.4) is 0 Å². The minimum Gasteiger partial charge on any atom is -0.497 e. The summed E-state index contributed by atoms with van der Waals surface area (Å²) < 4.78 is 5.13. The molecule has 0 bridgehead atoms. The van der Waals surface area contributed by atoms with E-state index >= 15 is 0 Å². The molecule has 0 saturated carbocycles. The van der Waals surface area contributed by atoms with Gasteiger partial charge in [-0.25, -0.2) is 0 Å². The maximum Gasteiger partial charge on any atom is 0.119 e. The van der Waals surface area contributed by atoms with Crippen LogP contribution in [0.25, 0.3) is 0 Å². The molecule has 1 aromatic carbocycles. The van der Waals surface area contributed by atoms with Crippen molar-refractivity contribution < 1.29 is 9.84 Å². The Labute approximate surface area is 97.4 Å². The average Bonchev–Trinajstić information content (AvgIpc) is 2.35. The molecule has 0 aliphatic carbocycles. The van der Waals surface area contributed by atoms with Gasteiger partial charge in [-0.05, 0) is 37.6 Å². The van der Waals surface area contributed by atoms with Crippen LogP contribution in [0.1, 0.15) is 31.9 Å². The zero-order valence-electron chi connectivity index (χ0n) is 10.2. The maximum absolute atomic E-state index is 10.1. The molecule has 0 fully saturated rings. The van der Waals surface area contributed by atoms with E-state index in [0.29, 0.717) is 0 Å². The van der Waals surface area contributed by atoms with Gasteiger partial charge in [0.25, 0.3) is 0 Å². The fraction of sp³-hybridized carbons (Fsp3) is 0.538. The molecule has 0 saturated heterocycles. The molecule has 0 aliphatic heterocycles. The van der Waals surface area contributed by atoms with Crippen molar-refractivity contribution in [2.75, 3.05) is 13.7 Å². The van der Waals surface area contributed by atoms with Gasteiger partial charge in [-0.15, -0.1) is 0 Å². The van der Waals surface area contributed by atoms with Gasteiger partial charge >= 0.3 is 0 Å². The van der Waals surface area contributed by atoms with Crippen LogP contribution in [0.2, 0.25) is 0 Å². The summed E-state index contributed by atoms with van der Waals surface area (Å²) in [7, 11) is 1.63. The maximum atomic E-state index is 10.1. The average molecular weight is 223 g/mol. The molecule has 90 valence electrons. The molecule has 16 heavy (non-hydrogen) atoms. The lowest BCUT2D eigenvalue weighted by Gasteiger charge is -2.20. The van der Waals surface area contributed by atoms with Gasteiger partial charge in [0.15, 0.2) is 0 Å². The molecule has 2 N–H and O–H groups in total. The van der Waals surface area contributed by atoms with Gasteiger partial charge in [-0.3, -0.25) is 0 Å². The van der Waals surface area contributed by atoms with Crippen LogP contribution in [0, 0.1) is 0 Å². The quantitative estimate of drug-likeness (QED) is 0.776. The third-order valence-corrected chi connectivity index (χ3v) is 2.63. The second-order valence-electron chi connectivity index (χ2n) is 3.96. The van der Waals surface area contributed by atoms with E-state index in [1.165, 1.54) is 0 Å². The first-order chi connectivity index (χ1) is 7.69. The van der Waals surface area contributed by atoms with Crippen LogP contribution < -0.4 is 10.1 Å². The summed E-state index contributed by atoms with van der Waals surface area (Å²) in [5.74, 6) is 0.777. The molecular weight excluding hydrogens is 202 g/mol. The van der Waals surface area contributed by atoms with Crippen LogP contribution in [-0.4, -0.2) is 24.8 Å². The van der Waals surface area contributed by atoms with Crippen LogP contribution in [0.4, 0.5) is 0 Å². The van der Waals surface area contributed by atoms with E-state index in [0.717, 1.165) is 24.3 Å². The minimum atomic E-state index is -0.498. The fourth-order valence-corrected chi connectivity index (χ4v) is 1.60. The lowest BCUT2D eigenvalue weighted by Crippen LogP contribution is -2.32. The molecule has 0 aromatic heterocycles. The molecule has 0 aliphatic rings. The number of hydrogen-bond acceptors (Lipinski definition) is 3. The number of methoxy groups -OCH3 is 1. The highest BCUT2D eigenvalue weighted by Gasteiger charge is 2.15. The first kappa shape index (κ1) is 13.0. The van der Waals surface area contributed by atoms with Crippen molar-refractivity contribution in [3.63, 3.8) is 0 Å². The topological polar surface area (TPSA) is 41.5 Å². The molecule has 2 unspecified atom stereocenters. The number of aliphatic hydroxyl groups excluding tert-OH is 1. The normalized spacial score (nSPS) is 14.5. The van der Waals surface area contributed by atoms with Crippen molar-refractivity contribution in [2.24, 2.45) is 0 Å². The first-order valence-electron chi connectivity index (χ1n) is 5.74. The predicted octanol–water partition coefficient (Wildman–Crippen LogP) is 2.12. The molecule has 0 amide bonds. The third kappa shape index (κ3) is 3.51. The number of hydrogen-bond donors (Lipinski definition) is 2. The number of benzene rings is 1. The summed E-state index contributed by atoms with van der Waals surface area (Å²) >= 11 is 0. The minimum absolute atomic E-state index is 0.0482. The van der Waals surface area contributed by atoms with Crippen LogP contribution >= 0.6 is 0 Å². The largest absolute Gasteiger partial charge is 0.497 e. The van der Waals surface area contributed by atoms with E-state index in [4.69, 9.17) is 4.74 Å². The van der Waals surface area contributed by atoms with Crippen molar-refractivity contribution in [1.29, 1.82) is 0 Å². The zero-order chi connectivity index (χ0) is 12.0. The van der Waals surface area contributed by atoms with Crippen molar-refractivity contribution in [2.45, 2.75) is 32.4 Å². The Hall–Kier alpha value is -1.06. The molecule has 0 heterocycles. The lowest BCUT2D eigenvalue weighted by atomic mass is 10.0.